The van der Waals surface area contributed by atoms with Gasteiger partial charge in [-0.1, -0.05) is 37.2 Å². The number of nitrogens with one attached hydrogen (secondary N) is 2. The molecule has 12 nitrogen and oxygen atoms in total. The van der Waals surface area contributed by atoms with Crippen LogP contribution in [0.1, 0.15) is 48.0 Å². The Morgan fingerprint density at radius 2 is 1.87 bits per heavy atom. The van der Waals surface area contributed by atoms with Crippen LogP contribution in [-0.2, 0) is 38.2 Å². The van der Waals surface area contributed by atoms with Crippen molar-refractivity contribution in [2.75, 3.05) is 5.75 Å². The third-order valence-electron chi connectivity index (χ3n) is 5.68. The summed E-state index contributed by atoms with van der Waals surface area (Å²) in [6, 6.07) is 9.23. The monoisotopic (exact) mass is 558 g/mol. The Balaban J connectivity index is 1.56. The summed E-state index contributed by atoms with van der Waals surface area (Å²) in [5.74, 6) is -1.23. The second kappa shape index (κ2) is 11.8. The molecule has 2 aromatic heterocycles. The van der Waals surface area contributed by atoms with E-state index < -0.39 is 45.0 Å². The number of carbonyl (C=O) groups is 2. The summed E-state index contributed by atoms with van der Waals surface area (Å²) in [5.41, 5.74) is 0.865. The number of pyridine rings is 1. The Bertz CT molecular complexity index is 1440. The highest BCUT2D eigenvalue weighted by atomic mass is 32.2. The number of rotatable bonds is 11. The fourth-order valence-corrected chi connectivity index (χ4v) is 6.14. The van der Waals surface area contributed by atoms with Crippen molar-refractivity contribution in [1.29, 1.82) is 0 Å². The summed E-state index contributed by atoms with van der Waals surface area (Å²) in [7, 11) is -3.95. The van der Waals surface area contributed by atoms with Gasteiger partial charge in [-0.15, -0.1) is 4.40 Å². The average molecular weight is 559 g/mol. The smallest absolute Gasteiger partial charge is 0.285 e. The lowest BCUT2D eigenvalue weighted by molar-refractivity contribution is -0.122. The van der Waals surface area contributed by atoms with E-state index in [1.807, 2.05) is 0 Å². The molecule has 3 atom stereocenters. The number of sulfonamides is 1. The van der Waals surface area contributed by atoms with Gasteiger partial charge >= 0.3 is 0 Å². The van der Waals surface area contributed by atoms with Gasteiger partial charge in [-0.25, -0.2) is 0 Å². The van der Waals surface area contributed by atoms with Gasteiger partial charge in [0.1, 0.15) is 22.2 Å². The number of aryl methyl sites for hydroxylation is 1. The Kier molecular flexibility index (Phi) is 8.54. The van der Waals surface area contributed by atoms with E-state index in [-0.39, 0.29) is 40.4 Å². The highest BCUT2D eigenvalue weighted by Gasteiger charge is 2.35. The first-order valence-corrected chi connectivity index (χ1v) is 14.8. The van der Waals surface area contributed by atoms with E-state index in [2.05, 4.69) is 30.2 Å². The van der Waals surface area contributed by atoms with Gasteiger partial charge in [0.25, 0.3) is 10.0 Å². The second-order valence-electron chi connectivity index (χ2n) is 8.38. The van der Waals surface area contributed by atoms with Gasteiger partial charge in [0.05, 0.1) is 11.7 Å². The molecule has 200 valence electrons. The lowest BCUT2D eigenvalue weighted by Gasteiger charge is -2.23. The van der Waals surface area contributed by atoms with E-state index in [4.69, 9.17) is 4.52 Å². The van der Waals surface area contributed by atoms with Gasteiger partial charge in [0.2, 0.25) is 23.4 Å². The van der Waals surface area contributed by atoms with Gasteiger partial charge in [-0.2, -0.15) is 13.4 Å². The van der Waals surface area contributed by atoms with Crippen LogP contribution in [0.5, 0.6) is 0 Å². The fraction of sp³-hybridized carbons (Fsp3) is 0.333. The minimum absolute atomic E-state index is 0.00159. The first kappa shape index (κ1) is 27.4. The predicted molar refractivity (Wildman–Crippen MR) is 138 cm³/mol. The number of aromatic nitrogens is 3. The third-order valence-corrected chi connectivity index (χ3v) is 8.34. The van der Waals surface area contributed by atoms with Crippen LogP contribution in [0.25, 0.3) is 0 Å². The molecule has 2 N–H and O–H groups in total. The van der Waals surface area contributed by atoms with Gasteiger partial charge in [-0.3, -0.25) is 14.6 Å². The first-order chi connectivity index (χ1) is 18.2. The van der Waals surface area contributed by atoms with Crippen LogP contribution < -0.4 is 10.6 Å². The van der Waals surface area contributed by atoms with Crippen molar-refractivity contribution in [3.8, 4) is 0 Å². The van der Waals surface area contributed by atoms with Gasteiger partial charge in [0, 0.05) is 18.2 Å². The average Bonchev–Trinajstić information content (AvgIpc) is 3.49. The van der Waals surface area contributed by atoms with Crippen molar-refractivity contribution in [3.63, 3.8) is 0 Å². The lowest BCUT2D eigenvalue weighted by Crippen LogP contribution is -2.54. The molecule has 1 unspecified atom stereocenters. The van der Waals surface area contributed by atoms with Crippen LogP contribution in [0, 0.1) is 0 Å². The molecule has 1 aromatic carbocycles. The van der Waals surface area contributed by atoms with Crippen molar-refractivity contribution in [3.05, 3.63) is 71.6 Å². The number of hydrogen-bond donors (Lipinski definition) is 2. The molecular weight excluding hydrogens is 532 g/mol. The van der Waals surface area contributed by atoms with E-state index >= 15 is 0 Å². The quantitative estimate of drug-likeness (QED) is 0.256. The van der Waals surface area contributed by atoms with Crippen molar-refractivity contribution >= 4 is 38.7 Å². The molecule has 38 heavy (non-hydrogen) atoms. The number of fused-ring (bicyclic) bond motifs is 1. The molecule has 0 saturated heterocycles. The molecule has 4 rings (SSSR count). The van der Waals surface area contributed by atoms with Crippen LogP contribution in [0.3, 0.4) is 0 Å². The lowest BCUT2D eigenvalue weighted by atomic mass is 10.1. The minimum Gasteiger partial charge on any atom is -0.616 e. The normalized spacial score (nSPS) is 16.1. The number of benzene rings is 1. The van der Waals surface area contributed by atoms with E-state index in [1.54, 1.807) is 56.4 Å². The maximum absolute atomic E-state index is 13.4. The van der Waals surface area contributed by atoms with E-state index in [0.29, 0.717) is 17.7 Å². The largest absolute Gasteiger partial charge is 0.616 e. The summed E-state index contributed by atoms with van der Waals surface area (Å²) in [5, 5.41) is 9.19. The Morgan fingerprint density at radius 1 is 1.11 bits per heavy atom. The topological polar surface area (TPSA) is 180 Å². The van der Waals surface area contributed by atoms with Crippen molar-refractivity contribution < 1.29 is 27.1 Å². The zero-order valence-corrected chi connectivity index (χ0v) is 22.3. The maximum Gasteiger partial charge on any atom is 0.285 e. The van der Waals surface area contributed by atoms with E-state index in [9.17, 15) is 22.6 Å². The molecule has 1 aliphatic rings. The van der Waals surface area contributed by atoms with Crippen molar-refractivity contribution in [2.45, 2.75) is 49.4 Å². The molecule has 3 heterocycles. The van der Waals surface area contributed by atoms with Crippen LogP contribution in [0.15, 0.2) is 62.5 Å². The molecule has 0 fully saturated rings. The van der Waals surface area contributed by atoms with Crippen LogP contribution in [0.4, 0.5) is 0 Å². The number of nitrogens with zero attached hydrogens (tertiary/aromatic N) is 4. The standard InChI is InChI=1S/C24H26N6O6S2/c1-3-17(21(31)23-28-20(4-2)36-29-23)27-24(32)18(14-37(33)13-15-9-7-8-12-25-15)26-22-16-10-5-6-11-19(16)38(34,35)30-22/h5-12,17-18H,3-4,13-14H2,1-2H3,(H,26,30)(H,27,32)/t17-,18-,37?/m0/s1. The number of hydrogen-bond acceptors (Lipinski definition) is 10. The molecule has 14 heteroatoms. The highest BCUT2D eigenvalue weighted by Crippen LogP contribution is 2.25. The van der Waals surface area contributed by atoms with Crippen LogP contribution in [0.2, 0.25) is 0 Å². The number of ketones is 1. The summed E-state index contributed by atoms with van der Waals surface area (Å²) < 4.78 is 46.8. The number of amidine groups is 1. The summed E-state index contributed by atoms with van der Waals surface area (Å²) >= 11 is -1.57. The summed E-state index contributed by atoms with van der Waals surface area (Å²) in [6.45, 7) is 3.50. The summed E-state index contributed by atoms with van der Waals surface area (Å²) in [4.78, 5) is 34.5. The molecule has 1 aliphatic heterocycles. The number of amides is 1. The van der Waals surface area contributed by atoms with Crippen LogP contribution >= 0.6 is 0 Å². The third kappa shape index (κ3) is 6.26. The van der Waals surface area contributed by atoms with E-state index in [1.165, 1.54) is 6.07 Å². The molecule has 0 spiro atoms. The van der Waals surface area contributed by atoms with Crippen molar-refractivity contribution in [1.82, 2.24) is 25.8 Å². The fourth-order valence-electron chi connectivity index (χ4n) is 3.73. The van der Waals surface area contributed by atoms with Gasteiger partial charge in [0.15, 0.2) is 6.04 Å². The van der Waals surface area contributed by atoms with E-state index in [0.717, 1.165) is 0 Å². The van der Waals surface area contributed by atoms with Crippen LogP contribution in [-0.4, -0.2) is 63.5 Å². The SMILES string of the molecule is CCc1nc(C(=O)[C@H](CC)NC(=O)[C@H](C[S+]([O-])Cc2ccccn2)NC2=NS(=O)(=O)c3ccccc32)no1. The summed E-state index contributed by atoms with van der Waals surface area (Å²) in [6.07, 6.45) is 2.25. The Morgan fingerprint density at radius 3 is 2.55 bits per heavy atom. The molecule has 1 amide bonds. The van der Waals surface area contributed by atoms with Crippen molar-refractivity contribution in [2.24, 2.45) is 4.40 Å². The van der Waals surface area contributed by atoms with Gasteiger partial charge < -0.3 is 19.7 Å². The minimum atomic E-state index is -3.95. The number of Topliss-reactive ketones (excluding diaryl/α,β-unsaturated/α-hetero) is 1. The molecular formula is C24H26N6O6S2. The second-order valence-corrected chi connectivity index (χ2v) is 11.5. The highest BCUT2D eigenvalue weighted by molar-refractivity contribution is 7.91. The Labute approximate surface area is 222 Å². The zero-order chi connectivity index (χ0) is 27.3. The number of carbonyl (C=O) groups excluding carboxylic acids is 2. The molecule has 0 bridgehead atoms. The maximum atomic E-state index is 13.4. The molecule has 0 saturated carbocycles. The molecule has 3 aromatic rings. The zero-order valence-electron chi connectivity index (χ0n) is 20.7. The predicted octanol–water partition coefficient (Wildman–Crippen LogP) is 1.16. The molecule has 0 aliphatic carbocycles. The van der Waals surface area contributed by atoms with Gasteiger partial charge in [-0.05, 0) is 41.9 Å². The molecule has 0 radical (unpaired) electrons. The first-order valence-electron chi connectivity index (χ1n) is 11.8. The Hall–Kier alpha value is -3.62.